The van der Waals surface area contributed by atoms with Gasteiger partial charge in [0.05, 0.1) is 98.5 Å². The average molecular weight is 1740 g/mol. The number of hydrogen-bond donors (Lipinski definition) is 10. The van der Waals surface area contributed by atoms with Crippen LogP contribution in [0.4, 0.5) is 21.0 Å². The van der Waals surface area contributed by atoms with Gasteiger partial charge in [-0.3, -0.25) is 33.6 Å². The van der Waals surface area contributed by atoms with Crippen LogP contribution in [-0.4, -0.2) is 290 Å². The first kappa shape index (κ1) is 96.4. The Kier molecular flexibility index (Phi) is 36.5. The number of aliphatic hydroxyl groups is 8. The molecule has 680 valence electrons. The van der Waals surface area contributed by atoms with Crippen LogP contribution in [0.25, 0.3) is 0 Å². The van der Waals surface area contributed by atoms with Crippen molar-refractivity contribution in [3.05, 3.63) is 124 Å². The first-order valence-corrected chi connectivity index (χ1v) is 42.3. The molecule has 124 heavy (non-hydrogen) atoms. The van der Waals surface area contributed by atoms with Gasteiger partial charge in [-0.05, 0) is 137 Å². The van der Waals surface area contributed by atoms with E-state index in [1.807, 2.05) is 13.8 Å². The number of rotatable bonds is 47. The number of unbranched alkanes of at least 4 members (excludes halogenated alkanes) is 5. The number of carbonyl (C=O) groups excluding carboxylic acids is 9. The van der Waals surface area contributed by atoms with Gasteiger partial charge in [-0.1, -0.05) is 63.1 Å². The smallest absolute Gasteiger partial charge is 0.416 e. The van der Waals surface area contributed by atoms with E-state index in [9.17, 15) is 84.0 Å². The molecule has 4 aromatic carbocycles. The molecule has 36 nitrogen and oxygen atoms in total. The normalized spacial score (nSPS) is 22.5. The maximum Gasteiger partial charge on any atom is 0.416 e. The zero-order chi connectivity index (χ0) is 89.3. The summed E-state index contributed by atoms with van der Waals surface area (Å²) >= 11 is 0. The van der Waals surface area contributed by atoms with Gasteiger partial charge in [-0.25, -0.2) is 19.4 Å². The fourth-order valence-electron chi connectivity index (χ4n) is 15.2. The number of fused-ring (bicyclic) bond motifs is 4. The number of aryl methyl sites for hydroxylation is 1. The summed E-state index contributed by atoms with van der Waals surface area (Å²) in [6.07, 6.45) is -10.4. The Morgan fingerprint density at radius 2 is 1.03 bits per heavy atom. The Morgan fingerprint density at radius 1 is 0.516 bits per heavy atom. The summed E-state index contributed by atoms with van der Waals surface area (Å²) in [5.41, 5.74) is 2.34. The monoisotopic (exact) mass is 1740 g/mol. The molecule has 4 aromatic rings. The van der Waals surface area contributed by atoms with E-state index in [-0.39, 0.29) is 190 Å². The average Bonchev–Trinajstić information content (AvgIpc) is 1.60. The maximum absolute atomic E-state index is 14.7. The molecule has 6 amide bonds. The third-order valence-corrected chi connectivity index (χ3v) is 22.0. The lowest BCUT2D eigenvalue weighted by Crippen LogP contribution is -2.54. The van der Waals surface area contributed by atoms with Crippen molar-refractivity contribution in [2.45, 2.75) is 223 Å². The molecule has 4 fully saturated rings. The second-order valence-electron chi connectivity index (χ2n) is 31.5. The van der Waals surface area contributed by atoms with Gasteiger partial charge in [0.15, 0.2) is 41.3 Å². The van der Waals surface area contributed by atoms with Crippen molar-refractivity contribution in [1.82, 2.24) is 20.4 Å². The van der Waals surface area contributed by atoms with Gasteiger partial charge in [-0.2, -0.15) is 0 Å². The minimum Gasteiger partial charge on any atom is -0.493 e. The minimum atomic E-state index is -1.73. The molecule has 0 radical (unpaired) electrons. The quantitative estimate of drug-likeness (QED) is 0.0144. The number of aliphatic hydroxyl groups excluding tert-OH is 8. The van der Waals surface area contributed by atoms with Gasteiger partial charge in [-0.15, -0.1) is 0 Å². The molecule has 0 aliphatic carbocycles. The van der Waals surface area contributed by atoms with E-state index >= 15 is 0 Å². The summed E-state index contributed by atoms with van der Waals surface area (Å²) in [5.74, 6) is -2.20. The number of Topliss-reactive ketones (excluding diaryl/α,β-unsaturated/α-hetero) is 3. The molecular weight excluding hydrogens is 1620 g/mol. The zero-order valence-electron chi connectivity index (χ0n) is 70.9. The lowest BCUT2D eigenvalue weighted by molar-refractivity contribution is -0.242. The maximum atomic E-state index is 14.7. The number of benzene rings is 4. The molecule has 36 heteroatoms. The van der Waals surface area contributed by atoms with Crippen molar-refractivity contribution in [2.24, 2.45) is 0 Å². The first-order chi connectivity index (χ1) is 59.6. The van der Waals surface area contributed by atoms with Crippen LogP contribution in [0.3, 0.4) is 0 Å². The van der Waals surface area contributed by atoms with E-state index in [4.69, 9.17) is 61.6 Å². The predicted molar refractivity (Wildman–Crippen MR) is 443 cm³/mol. The lowest BCUT2D eigenvalue weighted by Gasteiger charge is -2.35. The van der Waals surface area contributed by atoms with Crippen molar-refractivity contribution < 1.29 is 146 Å². The van der Waals surface area contributed by atoms with Gasteiger partial charge in [0.1, 0.15) is 80.3 Å². The zero-order valence-corrected chi connectivity index (χ0v) is 70.9. The number of anilines is 2. The number of nitrogens with one attached hydrogen (secondary N) is 2. The standard InChI is InChI=1S/C88H118N6O30/c1-8-10-12-20-67(97)60(90-76(101)50-115-28-9-2)19-13-14-27-89-75(100)49-116-34-33-114-30-18-22-66(96)59-39-55(24-26-71(59)124-86-80(105)78(103)69(99)48-120-86)45-121-87(110)93-61-41-72(53(5)37-56(61)81(106)91-43-51(3)35-63(91)83(93)108)117-31-15-11-16-32-118-74-42-62-57(40-73(74)113-7)82(107)92-44-52(4)36-64(92)84(109)94(62)88(111)122-46-54-23-25-70(58(38-54)65(95)21-17-29-112-6)123-85-79(104)77(102)68(98)47-119-85/h23-26,37-42,60,63-64,68-69,77-80,83-86,98-99,102-105,108-109H,3-4,8-22,27-36,43-50H2,1-2,5-7H3,(H,89,100)(H,90,101)/t60?,63-,64-,68+,69+,77-,78-,79+,80+,83?,84?,85-,86-/m0/s1. The summed E-state index contributed by atoms with van der Waals surface area (Å²) in [6.45, 7) is 13.4. The summed E-state index contributed by atoms with van der Waals surface area (Å²) in [4.78, 5) is 129. The fraction of sp³-hybridized carbons (Fsp3) is 0.580. The van der Waals surface area contributed by atoms with Gasteiger partial charge in [0.2, 0.25) is 24.4 Å². The van der Waals surface area contributed by atoms with Gasteiger partial charge < -0.3 is 123 Å². The second-order valence-corrected chi connectivity index (χ2v) is 31.5. The first-order valence-electron chi connectivity index (χ1n) is 42.3. The molecule has 0 spiro atoms. The molecule has 10 rings (SSSR count). The van der Waals surface area contributed by atoms with Crippen LogP contribution < -0.4 is 44.1 Å². The number of carbonyl (C=O) groups is 9. The van der Waals surface area contributed by atoms with E-state index in [1.165, 1.54) is 78.6 Å². The molecule has 0 bridgehead atoms. The summed E-state index contributed by atoms with van der Waals surface area (Å²) in [7, 11) is 2.87. The lowest BCUT2D eigenvalue weighted by atomic mass is 10.0. The van der Waals surface area contributed by atoms with Crippen molar-refractivity contribution in [2.75, 3.05) is 116 Å². The number of ether oxygens (including phenoxy) is 13. The SMILES string of the molecule is C=C1C[C@H]2C(O)N(C(=O)OCc3ccc(O[C@@H]4OC[C@@H](O)[C@H](O)[C@H]4O)c(C(=O)CCCOCCOCC(=O)NCCCCC(NC(=O)COCCC)C(=O)CCCCC)c3)c3cc(OCCCCCOc4cc5c(cc4OC)C(=O)N4CC(=C)C[C@H]4C(O)N5C(=O)OCc4ccc(O[C@@H]5OC[C@@H](O)[C@H](O)[C@H]5O)c(C(=O)CCCOC)c4)c(C)cc3C(=O)N2C1. The van der Waals surface area contributed by atoms with Crippen LogP contribution in [0.1, 0.15) is 181 Å². The highest BCUT2D eigenvalue weighted by Crippen LogP contribution is 2.44. The Labute approximate surface area is 719 Å². The number of methoxy groups -OCH3 is 2. The predicted octanol–water partition coefficient (Wildman–Crippen LogP) is 5.71. The van der Waals surface area contributed by atoms with Gasteiger partial charge in [0, 0.05) is 78.0 Å². The second kappa shape index (κ2) is 47.0. The number of nitrogens with zero attached hydrogens (tertiary/aromatic N) is 4. The van der Waals surface area contributed by atoms with Crippen molar-refractivity contribution in [3.63, 3.8) is 0 Å². The Morgan fingerprint density at radius 3 is 1.57 bits per heavy atom. The molecule has 10 N–H and O–H groups in total. The van der Waals surface area contributed by atoms with Crippen LogP contribution >= 0.6 is 0 Å². The number of ketones is 3. The van der Waals surface area contributed by atoms with E-state index in [2.05, 4.69) is 23.8 Å². The van der Waals surface area contributed by atoms with Crippen molar-refractivity contribution >= 4 is 64.5 Å². The molecule has 13 atom stereocenters. The number of hydrogen-bond acceptors (Lipinski definition) is 30. The highest BCUT2D eigenvalue weighted by molar-refractivity contribution is 6.07. The molecular formula is C88H118N6O30. The third kappa shape index (κ3) is 25.3. The van der Waals surface area contributed by atoms with E-state index < -0.39 is 135 Å². The molecule has 0 saturated carbocycles. The molecule has 6 heterocycles. The van der Waals surface area contributed by atoms with Crippen LogP contribution in [0, 0.1) is 6.92 Å². The van der Waals surface area contributed by atoms with Crippen LogP contribution in [-0.2, 0) is 65.5 Å². The Balaban J connectivity index is 0.744. The molecule has 6 aliphatic heterocycles. The van der Waals surface area contributed by atoms with Crippen LogP contribution in [0.2, 0.25) is 0 Å². The highest BCUT2D eigenvalue weighted by Gasteiger charge is 2.49. The van der Waals surface area contributed by atoms with Crippen molar-refractivity contribution in [1.29, 1.82) is 0 Å². The topological polar surface area (TPSA) is 472 Å². The minimum absolute atomic E-state index is 0.00913. The molecule has 3 unspecified atom stereocenters. The van der Waals surface area contributed by atoms with Crippen molar-refractivity contribution in [3.8, 4) is 28.7 Å². The summed E-state index contributed by atoms with van der Waals surface area (Å²) < 4.78 is 74.7. The molecule has 0 aromatic heterocycles. The molecule has 6 aliphatic rings. The Hall–Kier alpha value is -9.77. The number of amides is 6. The van der Waals surface area contributed by atoms with Gasteiger partial charge in [0.25, 0.3) is 11.8 Å². The molecule has 4 saturated heterocycles. The summed E-state index contributed by atoms with van der Waals surface area (Å²) in [5, 5.41) is 92.4. The fourth-order valence-corrected chi connectivity index (χ4v) is 15.2. The van der Waals surface area contributed by atoms with Gasteiger partial charge >= 0.3 is 12.2 Å². The third-order valence-electron chi connectivity index (χ3n) is 22.0. The summed E-state index contributed by atoms with van der Waals surface area (Å²) in [6, 6.07) is 12.0. The highest BCUT2D eigenvalue weighted by atomic mass is 16.7. The largest absolute Gasteiger partial charge is 0.493 e. The Bertz CT molecular complexity index is 4370. The van der Waals surface area contributed by atoms with Crippen LogP contribution in [0.15, 0.2) is 85.0 Å². The van der Waals surface area contributed by atoms with Crippen LogP contribution in [0.5, 0.6) is 28.7 Å². The van der Waals surface area contributed by atoms with E-state index in [0.717, 1.165) is 35.5 Å². The van der Waals surface area contributed by atoms with E-state index in [0.29, 0.717) is 86.8 Å². The van der Waals surface area contributed by atoms with E-state index in [1.54, 1.807) is 13.0 Å².